The molecule has 0 saturated carbocycles. The first-order chi connectivity index (χ1) is 12.5. The van der Waals surface area contributed by atoms with Crippen LogP contribution in [0.25, 0.3) is 10.9 Å². The van der Waals surface area contributed by atoms with Gasteiger partial charge in [0.1, 0.15) is 16.5 Å². The predicted molar refractivity (Wildman–Crippen MR) is 96.0 cm³/mol. The molecule has 1 N–H and O–H groups in total. The lowest BCUT2D eigenvalue weighted by Gasteiger charge is -2.29. The average molecular weight is 377 g/mol. The van der Waals surface area contributed by atoms with Crippen LogP contribution in [0.4, 0.5) is 14.5 Å². The lowest BCUT2D eigenvalue weighted by atomic mass is 10.2. The van der Waals surface area contributed by atoms with Crippen LogP contribution in [0.2, 0.25) is 0 Å². The fourth-order valence-corrected chi connectivity index (χ4v) is 4.61. The molecule has 0 spiro atoms. The summed E-state index contributed by atoms with van der Waals surface area (Å²) in [5, 5.41) is 4.00. The van der Waals surface area contributed by atoms with E-state index in [9.17, 15) is 17.2 Å². The summed E-state index contributed by atoms with van der Waals surface area (Å²) in [5.74, 6) is -1.93. The number of nitrogens with one attached hydrogen (secondary N) is 1. The standard InChI is InChI=1S/C18H17F2N3O2S/c19-14-2-4-18(16(20)11-14)26(24,25)23-8-5-13-1-3-15(12-17(13)23)22-9-6-21-7-10-22/h1-5,8,11-12,21H,6-7,9-10H2. The quantitative estimate of drug-likeness (QED) is 0.762. The van der Waals surface area contributed by atoms with Crippen molar-refractivity contribution in [1.29, 1.82) is 0 Å². The Kier molecular flexibility index (Phi) is 4.16. The van der Waals surface area contributed by atoms with E-state index in [0.717, 1.165) is 53.4 Å². The maximum absolute atomic E-state index is 14.1. The maximum atomic E-state index is 14.1. The Hall–Kier alpha value is -2.45. The van der Waals surface area contributed by atoms with Gasteiger partial charge in [-0.3, -0.25) is 0 Å². The van der Waals surface area contributed by atoms with Gasteiger partial charge in [-0.2, -0.15) is 0 Å². The zero-order chi connectivity index (χ0) is 18.3. The number of hydrogen-bond donors (Lipinski definition) is 1. The van der Waals surface area contributed by atoms with Crippen LogP contribution in [0.3, 0.4) is 0 Å². The monoisotopic (exact) mass is 377 g/mol. The van der Waals surface area contributed by atoms with E-state index in [2.05, 4.69) is 10.2 Å². The molecule has 0 bridgehead atoms. The normalized spacial score (nSPS) is 15.5. The number of benzene rings is 2. The highest BCUT2D eigenvalue weighted by Crippen LogP contribution is 2.28. The third kappa shape index (κ3) is 2.85. The van der Waals surface area contributed by atoms with Gasteiger partial charge in [0.25, 0.3) is 10.0 Å². The summed E-state index contributed by atoms with van der Waals surface area (Å²) in [6, 6.07) is 9.71. The number of halogens is 2. The molecule has 1 saturated heterocycles. The van der Waals surface area contributed by atoms with Gasteiger partial charge in [-0.05, 0) is 30.3 Å². The van der Waals surface area contributed by atoms with Gasteiger partial charge in [0.15, 0.2) is 0 Å². The Bertz CT molecular complexity index is 1070. The minimum Gasteiger partial charge on any atom is -0.369 e. The van der Waals surface area contributed by atoms with E-state index < -0.39 is 26.6 Å². The molecule has 8 heteroatoms. The predicted octanol–water partition coefficient (Wildman–Crippen LogP) is 2.57. The first-order valence-electron chi connectivity index (χ1n) is 8.24. The third-order valence-electron chi connectivity index (χ3n) is 4.55. The Labute approximate surface area is 149 Å². The molecule has 1 fully saturated rings. The van der Waals surface area contributed by atoms with Crippen molar-refractivity contribution in [3.05, 3.63) is 60.3 Å². The summed E-state index contributed by atoms with van der Waals surface area (Å²) in [7, 11) is -4.17. The van der Waals surface area contributed by atoms with Gasteiger partial charge in [0.2, 0.25) is 0 Å². The zero-order valence-corrected chi connectivity index (χ0v) is 14.6. The fraction of sp³-hybridized carbons (Fsp3) is 0.222. The smallest absolute Gasteiger partial charge is 0.271 e. The van der Waals surface area contributed by atoms with E-state index >= 15 is 0 Å². The van der Waals surface area contributed by atoms with Gasteiger partial charge >= 0.3 is 0 Å². The Morgan fingerprint density at radius 2 is 1.73 bits per heavy atom. The topological polar surface area (TPSA) is 54.3 Å². The lowest BCUT2D eigenvalue weighted by Crippen LogP contribution is -2.43. The molecule has 2 aromatic carbocycles. The molecule has 1 aromatic heterocycles. The number of aromatic nitrogens is 1. The molecule has 0 radical (unpaired) electrons. The number of nitrogens with zero attached hydrogens (tertiary/aromatic N) is 2. The minimum atomic E-state index is -4.17. The molecule has 3 aromatic rings. The third-order valence-corrected chi connectivity index (χ3v) is 6.28. The molecule has 26 heavy (non-hydrogen) atoms. The largest absolute Gasteiger partial charge is 0.369 e. The number of hydrogen-bond acceptors (Lipinski definition) is 4. The van der Waals surface area contributed by atoms with Crippen molar-refractivity contribution in [2.75, 3.05) is 31.1 Å². The summed E-state index contributed by atoms with van der Waals surface area (Å²) in [4.78, 5) is 1.61. The van der Waals surface area contributed by atoms with E-state index in [1.807, 2.05) is 12.1 Å². The van der Waals surface area contributed by atoms with Crippen molar-refractivity contribution in [3.63, 3.8) is 0 Å². The van der Waals surface area contributed by atoms with Gasteiger partial charge in [-0.1, -0.05) is 6.07 Å². The van der Waals surface area contributed by atoms with Crippen LogP contribution in [0, 0.1) is 11.6 Å². The average Bonchev–Trinajstić information content (AvgIpc) is 3.06. The van der Waals surface area contributed by atoms with E-state index in [-0.39, 0.29) is 0 Å². The summed E-state index contributed by atoms with van der Waals surface area (Å²) >= 11 is 0. The molecular formula is C18H17F2N3O2S. The molecule has 2 heterocycles. The minimum absolute atomic E-state index is 0.463. The van der Waals surface area contributed by atoms with E-state index in [4.69, 9.17) is 0 Å². The van der Waals surface area contributed by atoms with Crippen LogP contribution >= 0.6 is 0 Å². The molecule has 5 nitrogen and oxygen atoms in total. The molecule has 1 aliphatic rings. The van der Waals surface area contributed by atoms with Crippen molar-refractivity contribution in [2.45, 2.75) is 4.90 Å². The lowest BCUT2D eigenvalue weighted by molar-refractivity contribution is 0.546. The maximum Gasteiger partial charge on any atom is 0.271 e. The fourth-order valence-electron chi connectivity index (χ4n) is 3.21. The van der Waals surface area contributed by atoms with Crippen LogP contribution in [0.15, 0.2) is 53.6 Å². The summed E-state index contributed by atoms with van der Waals surface area (Å²) in [5.41, 5.74) is 1.37. The van der Waals surface area contributed by atoms with Crippen molar-refractivity contribution in [3.8, 4) is 0 Å². The highest BCUT2D eigenvalue weighted by Gasteiger charge is 2.23. The second kappa shape index (κ2) is 6.37. The van der Waals surface area contributed by atoms with Crippen molar-refractivity contribution in [1.82, 2.24) is 9.29 Å². The number of piperazine rings is 1. The second-order valence-electron chi connectivity index (χ2n) is 6.17. The first kappa shape index (κ1) is 17.0. The molecule has 0 amide bonds. The summed E-state index contributed by atoms with van der Waals surface area (Å²) < 4.78 is 54.1. The number of rotatable bonds is 3. The Balaban J connectivity index is 1.83. The molecular weight excluding hydrogens is 360 g/mol. The first-order valence-corrected chi connectivity index (χ1v) is 9.68. The van der Waals surface area contributed by atoms with Gasteiger partial charge in [0.05, 0.1) is 5.52 Å². The highest BCUT2D eigenvalue weighted by molar-refractivity contribution is 7.90. The van der Waals surface area contributed by atoms with Crippen molar-refractivity contribution < 1.29 is 17.2 Å². The van der Waals surface area contributed by atoms with E-state index in [1.165, 1.54) is 6.20 Å². The molecule has 4 rings (SSSR count). The van der Waals surface area contributed by atoms with Gasteiger partial charge in [-0.15, -0.1) is 0 Å². The number of anilines is 1. The molecule has 0 unspecified atom stereocenters. The van der Waals surface area contributed by atoms with Crippen LogP contribution < -0.4 is 10.2 Å². The molecule has 0 atom stereocenters. The van der Waals surface area contributed by atoms with E-state index in [0.29, 0.717) is 11.6 Å². The van der Waals surface area contributed by atoms with Crippen molar-refractivity contribution in [2.24, 2.45) is 0 Å². The second-order valence-corrected chi connectivity index (χ2v) is 7.95. The van der Waals surface area contributed by atoms with Crippen LogP contribution in [0.1, 0.15) is 0 Å². The Morgan fingerprint density at radius 3 is 2.46 bits per heavy atom. The number of fused-ring (bicyclic) bond motifs is 1. The molecule has 136 valence electrons. The van der Waals surface area contributed by atoms with Gasteiger partial charge in [0, 0.05) is 49.5 Å². The summed E-state index contributed by atoms with van der Waals surface area (Å²) in [6.45, 7) is 3.37. The highest BCUT2D eigenvalue weighted by atomic mass is 32.2. The van der Waals surface area contributed by atoms with Gasteiger partial charge < -0.3 is 10.2 Å². The Morgan fingerprint density at radius 1 is 0.962 bits per heavy atom. The molecule has 1 aliphatic heterocycles. The van der Waals surface area contributed by atoms with Crippen LogP contribution in [-0.2, 0) is 10.0 Å². The van der Waals surface area contributed by atoms with Crippen LogP contribution in [-0.4, -0.2) is 38.6 Å². The SMILES string of the molecule is O=S(=O)(c1ccc(F)cc1F)n1ccc2ccc(N3CCNCC3)cc21. The zero-order valence-electron chi connectivity index (χ0n) is 13.8. The summed E-state index contributed by atoms with van der Waals surface area (Å²) in [6.07, 6.45) is 1.39. The van der Waals surface area contributed by atoms with Crippen molar-refractivity contribution >= 4 is 26.6 Å². The molecule has 0 aliphatic carbocycles. The van der Waals surface area contributed by atoms with Crippen LogP contribution in [0.5, 0.6) is 0 Å². The van der Waals surface area contributed by atoms with E-state index in [1.54, 1.807) is 12.1 Å². The van der Waals surface area contributed by atoms with Gasteiger partial charge in [-0.25, -0.2) is 21.2 Å².